The lowest BCUT2D eigenvalue weighted by Crippen LogP contribution is -2.10. The Morgan fingerprint density at radius 3 is 2.48 bits per heavy atom. The third-order valence-corrected chi connectivity index (χ3v) is 6.82. The van der Waals surface area contributed by atoms with Gasteiger partial charge in [-0.2, -0.15) is 8.42 Å². The molecule has 0 saturated heterocycles. The van der Waals surface area contributed by atoms with Gasteiger partial charge in [0.15, 0.2) is 0 Å². The number of benzene rings is 2. The van der Waals surface area contributed by atoms with Crippen LogP contribution in [0.15, 0.2) is 78.1 Å². The Bertz CT molecular complexity index is 1360. The first kappa shape index (κ1) is 20.9. The molecule has 2 heterocycles. The summed E-state index contributed by atoms with van der Waals surface area (Å²) in [7, 11) is -4.28. The highest BCUT2D eigenvalue weighted by Gasteiger charge is 2.22. The van der Waals surface area contributed by atoms with E-state index < -0.39 is 20.7 Å². The number of halogens is 1. The van der Waals surface area contributed by atoms with Gasteiger partial charge in [-0.3, -0.25) is 15.1 Å². The monoisotopic (exact) mass is 473 g/mol. The van der Waals surface area contributed by atoms with Crippen molar-refractivity contribution in [2.45, 2.75) is 4.90 Å². The quantitative estimate of drug-likeness (QED) is 0.215. The van der Waals surface area contributed by atoms with Gasteiger partial charge in [-0.1, -0.05) is 11.6 Å². The number of thiazole rings is 1. The molecule has 0 unspecified atom stereocenters. The first-order valence-electron chi connectivity index (χ1n) is 8.68. The van der Waals surface area contributed by atoms with Crippen LogP contribution in [0.5, 0.6) is 5.75 Å². The van der Waals surface area contributed by atoms with Gasteiger partial charge in [0, 0.05) is 30.2 Å². The summed E-state index contributed by atoms with van der Waals surface area (Å²) >= 11 is 7.21. The van der Waals surface area contributed by atoms with Crippen molar-refractivity contribution in [2.24, 2.45) is 0 Å². The van der Waals surface area contributed by atoms with E-state index in [2.05, 4.69) is 9.97 Å². The maximum Gasteiger partial charge on any atom is 0.339 e. The molecule has 0 N–H and O–H groups in total. The minimum Gasteiger partial charge on any atom is -0.379 e. The number of nitro groups is 1. The highest BCUT2D eigenvalue weighted by atomic mass is 35.5. The second-order valence-electron chi connectivity index (χ2n) is 6.20. The van der Waals surface area contributed by atoms with Crippen molar-refractivity contribution in [3.05, 3.63) is 88.3 Å². The molecular weight excluding hydrogens is 462 g/mol. The van der Waals surface area contributed by atoms with Crippen LogP contribution in [0.25, 0.3) is 21.0 Å². The van der Waals surface area contributed by atoms with E-state index in [0.717, 1.165) is 39.2 Å². The molecule has 0 radical (unpaired) electrons. The Balaban J connectivity index is 1.54. The van der Waals surface area contributed by atoms with Crippen molar-refractivity contribution >= 4 is 38.7 Å². The molecule has 0 aliphatic rings. The lowest BCUT2D eigenvalue weighted by atomic mass is 10.2. The largest absolute Gasteiger partial charge is 0.379 e. The Labute approximate surface area is 186 Å². The van der Waals surface area contributed by atoms with Gasteiger partial charge in [0.05, 0.1) is 9.80 Å². The van der Waals surface area contributed by atoms with Crippen LogP contribution >= 0.6 is 22.9 Å². The van der Waals surface area contributed by atoms with E-state index in [0.29, 0.717) is 0 Å². The highest BCUT2D eigenvalue weighted by Crippen LogP contribution is 2.33. The molecule has 2 aromatic heterocycles. The fraction of sp³-hybridized carbons (Fsp3) is 0. The Morgan fingerprint density at radius 2 is 1.81 bits per heavy atom. The van der Waals surface area contributed by atoms with E-state index in [1.54, 1.807) is 30.7 Å². The zero-order valence-corrected chi connectivity index (χ0v) is 17.9. The first-order chi connectivity index (χ1) is 14.8. The summed E-state index contributed by atoms with van der Waals surface area (Å²) < 4.78 is 30.1. The summed E-state index contributed by atoms with van der Waals surface area (Å²) in [5.74, 6) is 0.0679. The van der Waals surface area contributed by atoms with E-state index >= 15 is 0 Å². The average Bonchev–Trinajstić information content (AvgIpc) is 3.25. The maximum atomic E-state index is 12.5. The van der Waals surface area contributed by atoms with Crippen LogP contribution in [0.4, 0.5) is 5.69 Å². The van der Waals surface area contributed by atoms with Crippen molar-refractivity contribution in [3.8, 4) is 26.8 Å². The molecule has 0 spiro atoms. The van der Waals surface area contributed by atoms with Crippen molar-refractivity contribution in [1.82, 2.24) is 9.97 Å². The fourth-order valence-electron chi connectivity index (χ4n) is 2.67. The van der Waals surface area contributed by atoms with Gasteiger partial charge >= 0.3 is 10.1 Å². The second-order valence-corrected chi connectivity index (χ2v) is 9.19. The molecule has 11 heteroatoms. The van der Waals surface area contributed by atoms with Gasteiger partial charge in [0.25, 0.3) is 5.69 Å². The molecule has 4 rings (SSSR count). The maximum absolute atomic E-state index is 12.5. The molecule has 4 aromatic rings. The van der Waals surface area contributed by atoms with Crippen molar-refractivity contribution in [3.63, 3.8) is 0 Å². The standard InChI is InChI=1S/C20H12ClN3O5S2/c21-17-8-7-16(10-18(17)24(25)26)31(27,28)29-15-5-3-13(4-6-15)19-12-23-20(30-19)14-2-1-9-22-11-14/h1-12H. The van der Waals surface area contributed by atoms with E-state index in [4.69, 9.17) is 15.8 Å². The Morgan fingerprint density at radius 1 is 1.03 bits per heavy atom. The predicted octanol–water partition coefficient (Wildman–Crippen LogP) is 5.20. The van der Waals surface area contributed by atoms with E-state index in [1.165, 1.54) is 23.5 Å². The van der Waals surface area contributed by atoms with Crippen LogP contribution in [-0.4, -0.2) is 23.3 Å². The topological polar surface area (TPSA) is 112 Å². The van der Waals surface area contributed by atoms with E-state index in [9.17, 15) is 18.5 Å². The number of nitrogens with zero attached hydrogens (tertiary/aromatic N) is 3. The van der Waals surface area contributed by atoms with Gasteiger partial charge in [-0.15, -0.1) is 11.3 Å². The smallest absolute Gasteiger partial charge is 0.339 e. The third kappa shape index (κ3) is 4.55. The van der Waals surface area contributed by atoms with Crippen LogP contribution in [0.2, 0.25) is 5.02 Å². The third-order valence-electron chi connectivity index (χ3n) is 4.16. The number of pyridine rings is 1. The molecule has 8 nitrogen and oxygen atoms in total. The number of hydrogen-bond donors (Lipinski definition) is 0. The molecule has 0 amide bonds. The number of hydrogen-bond acceptors (Lipinski definition) is 8. The summed E-state index contributed by atoms with van der Waals surface area (Å²) in [6.07, 6.45) is 5.14. The number of aromatic nitrogens is 2. The minimum absolute atomic E-state index is 0.0679. The molecule has 0 saturated carbocycles. The molecule has 0 aliphatic heterocycles. The molecule has 31 heavy (non-hydrogen) atoms. The molecule has 156 valence electrons. The summed E-state index contributed by atoms with van der Waals surface area (Å²) in [6, 6.07) is 13.3. The summed E-state index contributed by atoms with van der Waals surface area (Å²) in [4.78, 5) is 19.2. The van der Waals surface area contributed by atoms with Crippen molar-refractivity contribution in [2.75, 3.05) is 0 Å². The lowest BCUT2D eigenvalue weighted by molar-refractivity contribution is -0.384. The molecule has 0 atom stereocenters. The van der Waals surface area contributed by atoms with Crippen LogP contribution < -0.4 is 4.18 Å². The van der Waals surface area contributed by atoms with Gasteiger partial charge in [0.1, 0.15) is 20.7 Å². The van der Waals surface area contributed by atoms with Gasteiger partial charge in [0.2, 0.25) is 0 Å². The predicted molar refractivity (Wildman–Crippen MR) is 117 cm³/mol. The Kier molecular flexibility index (Phi) is 5.68. The average molecular weight is 474 g/mol. The number of rotatable bonds is 6. The zero-order chi connectivity index (χ0) is 22.0. The normalized spacial score (nSPS) is 11.3. The van der Waals surface area contributed by atoms with E-state index in [1.807, 2.05) is 12.1 Å². The molecule has 0 aliphatic carbocycles. The SMILES string of the molecule is O=[N+]([O-])c1cc(S(=O)(=O)Oc2ccc(-c3cnc(-c4cccnc4)s3)cc2)ccc1Cl. The second kappa shape index (κ2) is 8.42. The first-order valence-corrected chi connectivity index (χ1v) is 11.3. The van der Waals surface area contributed by atoms with Gasteiger partial charge in [-0.25, -0.2) is 4.98 Å². The summed E-state index contributed by atoms with van der Waals surface area (Å²) in [5.41, 5.74) is 1.22. The fourth-order valence-corrected chi connectivity index (χ4v) is 4.72. The molecule has 0 bridgehead atoms. The van der Waals surface area contributed by atoms with Crippen LogP contribution in [0, 0.1) is 10.1 Å². The van der Waals surface area contributed by atoms with Gasteiger partial charge in [-0.05, 0) is 54.1 Å². The summed E-state index contributed by atoms with van der Waals surface area (Å²) in [5, 5.41) is 11.7. The van der Waals surface area contributed by atoms with Crippen LogP contribution in [0.3, 0.4) is 0 Å². The zero-order valence-electron chi connectivity index (χ0n) is 15.5. The van der Waals surface area contributed by atoms with Crippen LogP contribution in [-0.2, 0) is 10.1 Å². The Hall–Kier alpha value is -3.34. The summed E-state index contributed by atoms with van der Waals surface area (Å²) in [6.45, 7) is 0. The number of nitro benzene ring substituents is 1. The molecule has 2 aromatic carbocycles. The van der Waals surface area contributed by atoms with Gasteiger partial charge < -0.3 is 4.18 Å². The molecular formula is C20H12ClN3O5S2. The van der Waals surface area contributed by atoms with Crippen molar-refractivity contribution in [1.29, 1.82) is 0 Å². The van der Waals surface area contributed by atoms with Crippen LogP contribution in [0.1, 0.15) is 0 Å². The lowest BCUT2D eigenvalue weighted by Gasteiger charge is -2.08. The van der Waals surface area contributed by atoms with E-state index in [-0.39, 0.29) is 15.7 Å². The highest BCUT2D eigenvalue weighted by molar-refractivity contribution is 7.87. The minimum atomic E-state index is -4.28. The van der Waals surface area contributed by atoms with Crippen molar-refractivity contribution < 1.29 is 17.5 Å². The molecule has 0 fully saturated rings.